The van der Waals surface area contributed by atoms with Gasteiger partial charge in [-0.15, -0.1) is 0 Å². The Kier molecular flexibility index (Phi) is 2.31. The Hall–Kier alpha value is -2.44. The van der Waals surface area contributed by atoms with Crippen molar-refractivity contribution < 1.29 is 13.6 Å². The third kappa shape index (κ3) is 1.51. The summed E-state index contributed by atoms with van der Waals surface area (Å²) in [7, 11) is 3.12. The van der Waals surface area contributed by atoms with Crippen molar-refractivity contribution in [3.05, 3.63) is 40.6 Å². The molecule has 0 saturated heterocycles. The first kappa shape index (κ1) is 11.6. The van der Waals surface area contributed by atoms with E-state index >= 15 is 0 Å². The van der Waals surface area contributed by atoms with Gasteiger partial charge in [-0.25, -0.2) is 18.4 Å². The molecule has 0 atom stereocenters. The van der Waals surface area contributed by atoms with Gasteiger partial charge in [0, 0.05) is 25.2 Å². The Morgan fingerprint density at radius 2 is 1.79 bits per heavy atom. The number of aryl methyl sites for hydroxylation is 1. The quantitative estimate of drug-likeness (QED) is 0.603. The zero-order valence-corrected chi connectivity index (χ0v) is 10.1. The summed E-state index contributed by atoms with van der Waals surface area (Å²) in [6.45, 7) is 0. The van der Waals surface area contributed by atoms with E-state index in [1.54, 1.807) is 7.05 Å². The van der Waals surface area contributed by atoms with E-state index in [4.69, 9.17) is 0 Å². The number of aromatic nitrogens is 3. The molecule has 5 nitrogen and oxygen atoms in total. The molecule has 1 aliphatic rings. The van der Waals surface area contributed by atoms with Gasteiger partial charge >= 0.3 is 0 Å². The summed E-state index contributed by atoms with van der Waals surface area (Å²) in [4.78, 5) is 20.1. The maximum Gasteiger partial charge on any atom is 0.241 e. The van der Waals surface area contributed by atoms with Gasteiger partial charge in [0.25, 0.3) is 0 Å². The third-order valence-corrected chi connectivity index (χ3v) is 2.95. The highest BCUT2D eigenvalue weighted by molar-refractivity contribution is 6.19. The van der Waals surface area contributed by atoms with E-state index in [1.807, 2.05) is 0 Å². The first-order valence-corrected chi connectivity index (χ1v) is 5.45. The van der Waals surface area contributed by atoms with Crippen molar-refractivity contribution >= 4 is 5.78 Å². The number of halogens is 2. The van der Waals surface area contributed by atoms with Crippen molar-refractivity contribution in [2.45, 2.75) is 0 Å². The third-order valence-electron chi connectivity index (χ3n) is 2.95. The van der Waals surface area contributed by atoms with Crippen molar-refractivity contribution in [2.75, 3.05) is 7.05 Å². The zero-order chi connectivity index (χ0) is 13.7. The van der Waals surface area contributed by atoms with E-state index in [2.05, 4.69) is 15.1 Å². The van der Waals surface area contributed by atoms with Crippen LogP contribution in [0.5, 0.6) is 0 Å². The first-order chi connectivity index (χ1) is 9.02. The lowest BCUT2D eigenvalue weighted by molar-refractivity contribution is 0.103. The topological polar surface area (TPSA) is 60.1 Å². The minimum atomic E-state index is -1.07. The van der Waals surface area contributed by atoms with Gasteiger partial charge in [-0.3, -0.25) is 9.79 Å². The summed E-state index contributed by atoms with van der Waals surface area (Å²) < 4.78 is 27.8. The maximum absolute atomic E-state index is 13.3. The van der Waals surface area contributed by atoms with Gasteiger partial charge in [-0.05, 0) is 12.1 Å². The Labute approximate surface area is 106 Å². The Morgan fingerprint density at radius 3 is 2.42 bits per heavy atom. The van der Waals surface area contributed by atoms with E-state index in [0.29, 0.717) is 5.62 Å². The lowest BCUT2D eigenvalue weighted by Gasteiger charge is -2.01. The Morgan fingerprint density at radius 1 is 1.16 bits per heavy atom. The number of carbonyl (C=O) groups excluding carboxylic acids is 1. The van der Waals surface area contributed by atoms with Crippen LogP contribution >= 0.6 is 0 Å². The average molecular weight is 262 g/mol. The first-order valence-electron chi connectivity index (χ1n) is 5.45. The molecule has 0 bridgehead atoms. The fourth-order valence-electron chi connectivity index (χ4n) is 2.06. The van der Waals surface area contributed by atoms with Gasteiger partial charge in [-0.1, -0.05) is 0 Å². The smallest absolute Gasteiger partial charge is 0.241 e. The summed E-state index contributed by atoms with van der Waals surface area (Å²) in [6.07, 6.45) is 0. The van der Waals surface area contributed by atoms with Crippen molar-refractivity contribution in [3.63, 3.8) is 0 Å². The lowest BCUT2D eigenvalue weighted by Crippen LogP contribution is -2.26. The zero-order valence-electron chi connectivity index (χ0n) is 10.1. The van der Waals surface area contributed by atoms with Crippen LogP contribution in [-0.2, 0) is 7.05 Å². The van der Waals surface area contributed by atoms with Crippen molar-refractivity contribution in [3.8, 4) is 11.3 Å². The largest absolute Gasteiger partial charge is 0.287 e. The van der Waals surface area contributed by atoms with Crippen molar-refractivity contribution in [1.29, 1.82) is 0 Å². The molecular formula is C12H8F2N4O. The lowest BCUT2D eigenvalue weighted by atomic mass is 10.1. The SMILES string of the molecule is CN=c1nc2c(nn1C)C(=O)c1cc(F)c(F)cc1-2. The molecule has 19 heavy (non-hydrogen) atoms. The number of ketones is 1. The van der Waals surface area contributed by atoms with Crippen LogP contribution in [0.4, 0.5) is 8.78 Å². The van der Waals surface area contributed by atoms with Crippen LogP contribution in [0.2, 0.25) is 0 Å². The maximum atomic E-state index is 13.3. The summed E-state index contributed by atoms with van der Waals surface area (Å²) >= 11 is 0. The summed E-state index contributed by atoms with van der Waals surface area (Å²) in [5.74, 6) is -2.55. The van der Waals surface area contributed by atoms with Gasteiger partial charge in [0.15, 0.2) is 17.3 Å². The van der Waals surface area contributed by atoms with E-state index in [1.165, 1.54) is 11.7 Å². The van der Waals surface area contributed by atoms with E-state index in [0.717, 1.165) is 12.1 Å². The van der Waals surface area contributed by atoms with E-state index in [9.17, 15) is 13.6 Å². The molecule has 7 heteroatoms. The fourth-order valence-corrected chi connectivity index (χ4v) is 2.06. The second-order valence-corrected chi connectivity index (χ2v) is 4.10. The molecule has 0 N–H and O–H groups in total. The molecule has 0 spiro atoms. The fraction of sp³-hybridized carbons (Fsp3) is 0.167. The summed E-state index contributed by atoms with van der Waals surface area (Å²) in [6, 6.07) is 1.83. The second kappa shape index (κ2) is 3.78. The normalized spacial score (nSPS) is 13.7. The van der Waals surface area contributed by atoms with Crippen LogP contribution in [0.25, 0.3) is 11.3 Å². The monoisotopic (exact) mass is 262 g/mol. The van der Waals surface area contributed by atoms with E-state index < -0.39 is 17.4 Å². The van der Waals surface area contributed by atoms with Gasteiger partial charge in [0.05, 0.1) is 0 Å². The summed E-state index contributed by atoms with van der Waals surface area (Å²) in [5.41, 5.74) is 0.927. The number of benzene rings is 1. The molecule has 96 valence electrons. The van der Waals surface area contributed by atoms with Gasteiger partial charge < -0.3 is 0 Å². The second-order valence-electron chi connectivity index (χ2n) is 4.10. The van der Waals surface area contributed by atoms with Crippen LogP contribution in [0.3, 0.4) is 0 Å². The highest BCUT2D eigenvalue weighted by atomic mass is 19.2. The van der Waals surface area contributed by atoms with Crippen LogP contribution < -0.4 is 5.62 Å². The molecule has 0 unspecified atom stereocenters. The molecule has 0 amide bonds. The minimum Gasteiger partial charge on any atom is -0.287 e. The molecular weight excluding hydrogens is 254 g/mol. The van der Waals surface area contributed by atoms with Gasteiger partial charge in [-0.2, -0.15) is 5.10 Å². The van der Waals surface area contributed by atoms with Crippen LogP contribution in [-0.4, -0.2) is 27.6 Å². The highest BCUT2D eigenvalue weighted by Crippen LogP contribution is 2.34. The molecule has 0 fully saturated rings. The van der Waals surface area contributed by atoms with Crippen molar-refractivity contribution in [2.24, 2.45) is 12.0 Å². The molecule has 1 aliphatic carbocycles. The van der Waals surface area contributed by atoms with Gasteiger partial charge in [0.1, 0.15) is 5.69 Å². The number of fused-ring (bicyclic) bond motifs is 3. The highest BCUT2D eigenvalue weighted by Gasteiger charge is 2.32. The Bertz CT molecular complexity index is 795. The number of hydrogen-bond donors (Lipinski definition) is 0. The van der Waals surface area contributed by atoms with Crippen LogP contribution in [0.15, 0.2) is 17.1 Å². The minimum absolute atomic E-state index is 0.0714. The number of nitrogens with zero attached hydrogens (tertiary/aromatic N) is 4. The molecule has 2 aromatic rings. The van der Waals surface area contributed by atoms with Crippen LogP contribution in [0.1, 0.15) is 16.1 Å². The number of rotatable bonds is 0. The molecule has 0 radical (unpaired) electrons. The van der Waals surface area contributed by atoms with Crippen LogP contribution in [0, 0.1) is 11.6 Å². The average Bonchev–Trinajstić information content (AvgIpc) is 2.63. The van der Waals surface area contributed by atoms with Crippen molar-refractivity contribution in [1.82, 2.24) is 14.8 Å². The Balaban J connectivity index is 2.40. The number of carbonyl (C=O) groups is 1. The van der Waals surface area contributed by atoms with Gasteiger partial charge in [0.2, 0.25) is 11.4 Å². The van der Waals surface area contributed by atoms with E-state index in [-0.39, 0.29) is 22.5 Å². The molecule has 1 heterocycles. The molecule has 1 aromatic carbocycles. The molecule has 1 aromatic heterocycles. The predicted octanol–water partition coefficient (Wildman–Crippen LogP) is 0.835. The molecule has 3 rings (SSSR count). The summed E-state index contributed by atoms with van der Waals surface area (Å²) in [5, 5.41) is 4.05. The predicted molar refractivity (Wildman–Crippen MR) is 61.3 cm³/mol. The molecule has 0 saturated carbocycles. The number of hydrogen-bond acceptors (Lipinski definition) is 4. The standard InChI is InChI=1S/C12H8F2N4O/c1-15-12-16-9-5-3-7(13)8(14)4-6(5)11(19)10(9)17-18(12)2/h3-4H,1-2H3. The molecule has 0 aliphatic heterocycles.